The van der Waals surface area contributed by atoms with Gasteiger partial charge in [0, 0.05) is 7.11 Å². The average molecular weight is 197 g/mol. The Kier molecular flexibility index (Phi) is 5.26. The molecule has 0 rings (SSSR count). The molecule has 0 aliphatic heterocycles. The maximum atomic E-state index is 11.5. The topological polar surface area (TPSA) is 38.3 Å². The van der Waals surface area contributed by atoms with Gasteiger partial charge in [-0.3, -0.25) is 4.79 Å². The van der Waals surface area contributed by atoms with Crippen LogP contribution in [-0.2, 0) is 9.53 Å². The third kappa shape index (κ3) is 4.88. The molecule has 1 unspecified atom stereocenters. The summed E-state index contributed by atoms with van der Waals surface area (Å²) < 4.78 is 5.14. The van der Waals surface area contributed by atoms with Crippen molar-refractivity contribution < 1.29 is 9.53 Å². The summed E-state index contributed by atoms with van der Waals surface area (Å²) in [5.74, 6) is 2.45. The number of nitrogens with one attached hydrogen (secondary N) is 1. The number of rotatable bonds is 5. The van der Waals surface area contributed by atoms with Crippen LogP contribution in [0.3, 0.4) is 0 Å². The summed E-state index contributed by atoms with van der Waals surface area (Å²) in [5.41, 5.74) is -0.434. The van der Waals surface area contributed by atoms with Crippen LogP contribution in [0.15, 0.2) is 0 Å². The Bertz CT molecular complexity index is 228. The Balaban J connectivity index is 4.05. The van der Waals surface area contributed by atoms with Gasteiger partial charge in [-0.2, -0.15) is 0 Å². The van der Waals surface area contributed by atoms with Gasteiger partial charge in [-0.25, -0.2) is 0 Å². The predicted octanol–water partition coefficient (Wildman–Crippen LogP) is 1.33. The second-order valence-electron chi connectivity index (χ2n) is 3.84. The van der Waals surface area contributed by atoms with Gasteiger partial charge in [0.05, 0.1) is 18.1 Å². The van der Waals surface area contributed by atoms with E-state index in [1.54, 1.807) is 7.11 Å². The molecule has 0 saturated heterocycles. The molecule has 0 aromatic rings. The van der Waals surface area contributed by atoms with Crippen LogP contribution in [0.2, 0.25) is 0 Å². The van der Waals surface area contributed by atoms with E-state index in [1.807, 2.05) is 20.8 Å². The van der Waals surface area contributed by atoms with Gasteiger partial charge in [0.15, 0.2) is 0 Å². The van der Waals surface area contributed by atoms with E-state index in [2.05, 4.69) is 11.2 Å². The quantitative estimate of drug-likeness (QED) is 0.675. The maximum absolute atomic E-state index is 11.5. The molecule has 14 heavy (non-hydrogen) atoms. The zero-order valence-corrected chi connectivity index (χ0v) is 9.39. The molecule has 0 saturated carbocycles. The molecule has 3 nitrogen and oxygen atoms in total. The number of ether oxygens (including phenoxy) is 1. The van der Waals surface area contributed by atoms with E-state index in [-0.39, 0.29) is 11.9 Å². The Morgan fingerprint density at radius 3 is 2.57 bits per heavy atom. The van der Waals surface area contributed by atoms with Crippen LogP contribution in [0.25, 0.3) is 0 Å². The number of terminal acetylenes is 1. The van der Waals surface area contributed by atoms with E-state index in [0.717, 1.165) is 6.42 Å². The second kappa shape index (κ2) is 5.66. The lowest BCUT2D eigenvalue weighted by atomic mass is 10.0. The second-order valence-corrected chi connectivity index (χ2v) is 3.84. The van der Waals surface area contributed by atoms with Crippen molar-refractivity contribution in [3.8, 4) is 12.3 Å². The molecule has 0 aliphatic rings. The smallest absolute Gasteiger partial charge is 0.223 e. The molecule has 80 valence electrons. The van der Waals surface area contributed by atoms with Gasteiger partial charge in [-0.05, 0) is 20.3 Å². The first kappa shape index (κ1) is 13.0. The molecule has 0 fully saturated rings. The minimum Gasteiger partial charge on any atom is -0.378 e. The zero-order valence-electron chi connectivity index (χ0n) is 9.39. The predicted molar refractivity (Wildman–Crippen MR) is 56.8 cm³/mol. The molecular weight excluding hydrogens is 178 g/mol. The molecule has 0 radical (unpaired) electrons. The largest absolute Gasteiger partial charge is 0.378 e. The van der Waals surface area contributed by atoms with Crippen molar-refractivity contribution in [2.24, 2.45) is 0 Å². The Labute approximate surface area is 86.2 Å². The lowest BCUT2D eigenvalue weighted by Gasteiger charge is -2.22. The molecule has 0 aliphatic carbocycles. The van der Waals surface area contributed by atoms with Crippen LogP contribution in [-0.4, -0.2) is 24.7 Å². The summed E-state index contributed by atoms with van der Waals surface area (Å²) >= 11 is 0. The molecule has 1 N–H and O–H groups in total. The molecule has 0 aromatic heterocycles. The van der Waals surface area contributed by atoms with Crippen molar-refractivity contribution in [3.05, 3.63) is 0 Å². The van der Waals surface area contributed by atoms with Crippen LogP contribution in [0.5, 0.6) is 0 Å². The lowest BCUT2D eigenvalue weighted by Crippen LogP contribution is -2.38. The van der Waals surface area contributed by atoms with E-state index in [1.165, 1.54) is 0 Å². The normalized spacial score (nSPS) is 13.1. The fraction of sp³-hybridized carbons (Fsp3) is 0.727. The molecular formula is C11H19NO2. The number of hydrogen-bond donors (Lipinski definition) is 1. The summed E-state index contributed by atoms with van der Waals surface area (Å²) in [7, 11) is 1.59. The van der Waals surface area contributed by atoms with Crippen LogP contribution in [0.1, 0.15) is 33.6 Å². The summed E-state index contributed by atoms with van der Waals surface area (Å²) in [5, 5.41) is 2.75. The summed E-state index contributed by atoms with van der Waals surface area (Å²) in [6, 6.07) is -0.171. The van der Waals surface area contributed by atoms with E-state index in [9.17, 15) is 4.79 Å². The highest BCUT2D eigenvalue weighted by Gasteiger charge is 2.21. The van der Waals surface area contributed by atoms with Crippen molar-refractivity contribution in [1.82, 2.24) is 5.32 Å². The van der Waals surface area contributed by atoms with Crippen LogP contribution >= 0.6 is 0 Å². The molecule has 1 amide bonds. The summed E-state index contributed by atoms with van der Waals surface area (Å²) in [6.45, 7) is 5.67. The lowest BCUT2D eigenvalue weighted by molar-refractivity contribution is -0.126. The standard InChI is InChI=1S/C11H19NO2/c1-6-9(7-2)12-10(13)8-11(3,4)14-5/h1,9H,7-8H2,2-5H3,(H,12,13). The average Bonchev–Trinajstić information content (AvgIpc) is 2.13. The maximum Gasteiger partial charge on any atom is 0.223 e. The highest BCUT2D eigenvalue weighted by atomic mass is 16.5. The SMILES string of the molecule is C#CC(CC)NC(=O)CC(C)(C)OC. The first-order chi connectivity index (χ1) is 6.45. The molecule has 0 spiro atoms. The van der Waals surface area contributed by atoms with E-state index in [0.29, 0.717) is 6.42 Å². The zero-order chi connectivity index (χ0) is 11.2. The molecule has 1 atom stereocenters. The fourth-order valence-corrected chi connectivity index (χ4v) is 0.966. The van der Waals surface area contributed by atoms with Crippen molar-refractivity contribution in [2.75, 3.05) is 7.11 Å². The Morgan fingerprint density at radius 2 is 2.21 bits per heavy atom. The number of amides is 1. The fourth-order valence-electron chi connectivity index (χ4n) is 0.966. The Morgan fingerprint density at radius 1 is 1.64 bits per heavy atom. The molecule has 3 heteroatoms. The molecule has 0 heterocycles. The van der Waals surface area contributed by atoms with E-state index < -0.39 is 5.60 Å². The van der Waals surface area contributed by atoms with Crippen molar-refractivity contribution in [3.63, 3.8) is 0 Å². The van der Waals surface area contributed by atoms with E-state index >= 15 is 0 Å². The minimum atomic E-state index is -0.434. The Hall–Kier alpha value is -1.01. The van der Waals surface area contributed by atoms with Crippen LogP contribution in [0.4, 0.5) is 0 Å². The van der Waals surface area contributed by atoms with Crippen molar-refractivity contribution in [2.45, 2.75) is 45.3 Å². The monoisotopic (exact) mass is 197 g/mol. The van der Waals surface area contributed by atoms with Crippen molar-refractivity contribution in [1.29, 1.82) is 0 Å². The van der Waals surface area contributed by atoms with Gasteiger partial charge in [0.25, 0.3) is 0 Å². The van der Waals surface area contributed by atoms with Crippen LogP contribution < -0.4 is 5.32 Å². The van der Waals surface area contributed by atoms with Crippen LogP contribution in [0, 0.1) is 12.3 Å². The summed E-state index contributed by atoms with van der Waals surface area (Å²) in [6.07, 6.45) is 6.30. The van der Waals surface area contributed by atoms with Gasteiger partial charge in [-0.1, -0.05) is 12.8 Å². The summed E-state index contributed by atoms with van der Waals surface area (Å²) in [4.78, 5) is 11.5. The molecule has 0 aromatic carbocycles. The van der Waals surface area contributed by atoms with Gasteiger partial charge < -0.3 is 10.1 Å². The molecule has 0 bridgehead atoms. The highest BCUT2D eigenvalue weighted by Crippen LogP contribution is 2.12. The number of methoxy groups -OCH3 is 1. The van der Waals surface area contributed by atoms with Gasteiger partial charge in [0.1, 0.15) is 0 Å². The highest BCUT2D eigenvalue weighted by molar-refractivity contribution is 5.77. The number of hydrogen-bond acceptors (Lipinski definition) is 2. The minimum absolute atomic E-state index is 0.0679. The van der Waals surface area contributed by atoms with Gasteiger partial charge in [-0.15, -0.1) is 6.42 Å². The number of carbonyl (C=O) groups excluding carboxylic acids is 1. The number of carbonyl (C=O) groups is 1. The van der Waals surface area contributed by atoms with Crippen molar-refractivity contribution >= 4 is 5.91 Å². The first-order valence-corrected chi connectivity index (χ1v) is 4.75. The van der Waals surface area contributed by atoms with E-state index in [4.69, 9.17) is 11.2 Å². The van der Waals surface area contributed by atoms with Gasteiger partial charge >= 0.3 is 0 Å². The third-order valence-electron chi connectivity index (χ3n) is 2.08. The third-order valence-corrected chi connectivity index (χ3v) is 2.08. The first-order valence-electron chi connectivity index (χ1n) is 4.75. The van der Waals surface area contributed by atoms with Gasteiger partial charge in [0.2, 0.25) is 5.91 Å².